The highest BCUT2D eigenvalue weighted by atomic mass is 16.5. The van der Waals surface area contributed by atoms with Gasteiger partial charge in [-0.1, -0.05) is 13.0 Å². The number of carbonyl (C=O) groups is 1. The standard InChI is InChI=1S/C14H17N3O2/c1-2-9-3-4-11-10(7-9)8-13-12(5-6-16(11)13)17(19)14(15)18/h3-4,7-8,12,19H,2,5-6H2,1H3,(H2,15,18). The second-order valence-electron chi connectivity index (χ2n) is 4.95. The van der Waals surface area contributed by atoms with Gasteiger partial charge in [-0.2, -0.15) is 5.06 Å². The summed E-state index contributed by atoms with van der Waals surface area (Å²) in [7, 11) is 0. The quantitative estimate of drug-likeness (QED) is 0.642. The van der Waals surface area contributed by atoms with Crippen molar-refractivity contribution in [3.05, 3.63) is 35.5 Å². The predicted molar refractivity (Wildman–Crippen MR) is 71.9 cm³/mol. The van der Waals surface area contributed by atoms with E-state index in [1.807, 2.05) is 6.07 Å². The Morgan fingerprint density at radius 1 is 1.53 bits per heavy atom. The average molecular weight is 259 g/mol. The number of urea groups is 1. The number of carbonyl (C=O) groups excluding carboxylic acids is 1. The number of nitrogens with zero attached hydrogens (tertiary/aromatic N) is 2. The topological polar surface area (TPSA) is 71.5 Å². The highest BCUT2D eigenvalue weighted by Crippen LogP contribution is 2.35. The number of aryl methyl sites for hydroxylation is 2. The van der Waals surface area contributed by atoms with Crippen molar-refractivity contribution in [3.63, 3.8) is 0 Å². The number of rotatable bonds is 2. The zero-order valence-corrected chi connectivity index (χ0v) is 10.8. The Hall–Kier alpha value is -2.01. The minimum Gasteiger partial charge on any atom is -0.350 e. The normalized spacial score (nSPS) is 17.7. The smallest absolute Gasteiger partial charge is 0.339 e. The van der Waals surface area contributed by atoms with E-state index in [0.29, 0.717) is 11.5 Å². The molecule has 0 bridgehead atoms. The predicted octanol–water partition coefficient (Wildman–Crippen LogP) is 2.42. The van der Waals surface area contributed by atoms with Gasteiger partial charge < -0.3 is 10.3 Å². The summed E-state index contributed by atoms with van der Waals surface area (Å²) in [6, 6.07) is 7.27. The van der Waals surface area contributed by atoms with Crippen molar-refractivity contribution in [1.82, 2.24) is 9.63 Å². The van der Waals surface area contributed by atoms with Crippen molar-refractivity contribution in [2.45, 2.75) is 32.4 Å². The number of benzene rings is 1. The molecule has 0 saturated heterocycles. The average Bonchev–Trinajstić information content (AvgIpc) is 2.95. The summed E-state index contributed by atoms with van der Waals surface area (Å²) in [6.07, 6.45) is 1.69. The zero-order valence-electron chi connectivity index (χ0n) is 10.8. The summed E-state index contributed by atoms with van der Waals surface area (Å²) in [4.78, 5) is 11.1. The molecule has 2 heterocycles. The number of nitrogens with two attached hydrogens (primary N) is 1. The lowest BCUT2D eigenvalue weighted by atomic mass is 10.1. The van der Waals surface area contributed by atoms with E-state index in [4.69, 9.17) is 5.73 Å². The number of hydrogen-bond donors (Lipinski definition) is 2. The fourth-order valence-corrected chi connectivity index (χ4v) is 2.89. The summed E-state index contributed by atoms with van der Waals surface area (Å²) < 4.78 is 2.14. The third-order valence-corrected chi connectivity index (χ3v) is 3.89. The molecule has 3 rings (SSSR count). The minimum atomic E-state index is -0.807. The summed E-state index contributed by atoms with van der Waals surface area (Å²) in [6.45, 7) is 2.91. The van der Waals surface area contributed by atoms with E-state index >= 15 is 0 Å². The van der Waals surface area contributed by atoms with Gasteiger partial charge in [0.15, 0.2) is 0 Å². The van der Waals surface area contributed by atoms with Crippen LogP contribution in [-0.2, 0) is 13.0 Å². The van der Waals surface area contributed by atoms with Gasteiger partial charge in [0.1, 0.15) is 6.04 Å². The first-order chi connectivity index (χ1) is 9.11. The lowest BCUT2D eigenvalue weighted by Crippen LogP contribution is -2.35. The first-order valence-corrected chi connectivity index (χ1v) is 6.51. The van der Waals surface area contributed by atoms with Gasteiger partial charge in [-0.3, -0.25) is 5.21 Å². The first-order valence-electron chi connectivity index (χ1n) is 6.51. The van der Waals surface area contributed by atoms with Crippen LogP contribution in [0.15, 0.2) is 24.3 Å². The second kappa shape index (κ2) is 4.28. The third kappa shape index (κ3) is 1.77. The van der Waals surface area contributed by atoms with Crippen molar-refractivity contribution in [3.8, 4) is 0 Å². The van der Waals surface area contributed by atoms with Crippen LogP contribution in [0.1, 0.15) is 30.6 Å². The fourth-order valence-electron chi connectivity index (χ4n) is 2.89. The lowest BCUT2D eigenvalue weighted by molar-refractivity contribution is -0.0758. The molecule has 1 atom stereocenters. The van der Waals surface area contributed by atoms with Crippen LogP contribution in [-0.4, -0.2) is 20.9 Å². The molecule has 2 amide bonds. The van der Waals surface area contributed by atoms with E-state index < -0.39 is 6.03 Å². The van der Waals surface area contributed by atoms with E-state index in [9.17, 15) is 10.0 Å². The molecule has 1 aliphatic rings. The zero-order chi connectivity index (χ0) is 13.6. The highest BCUT2D eigenvalue weighted by Gasteiger charge is 2.31. The summed E-state index contributed by atoms with van der Waals surface area (Å²) in [5, 5.41) is 11.5. The van der Waals surface area contributed by atoms with Crippen LogP contribution < -0.4 is 5.73 Å². The second-order valence-corrected chi connectivity index (χ2v) is 4.95. The Kier molecular flexibility index (Phi) is 2.71. The first kappa shape index (κ1) is 12.0. The van der Waals surface area contributed by atoms with Crippen molar-refractivity contribution in [2.24, 2.45) is 5.73 Å². The largest absolute Gasteiger partial charge is 0.350 e. The molecule has 1 aromatic heterocycles. The highest BCUT2D eigenvalue weighted by molar-refractivity contribution is 5.83. The molecule has 0 aliphatic carbocycles. The summed E-state index contributed by atoms with van der Waals surface area (Å²) >= 11 is 0. The van der Waals surface area contributed by atoms with Crippen LogP contribution in [0, 0.1) is 0 Å². The van der Waals surface area contributed by atoms with Gasteiger partial charge >= 0.3 is 6.03 Å². The molecule has 1 aromatic carbocycles. The number of amides is 2. The molecular weight excluding hydrogens is 242 g/mol. The molecule has 0 fully saturated rings. The molecule has 0 radical (unpaired) electrons. The maximum Gasteiger partial charge on any atom is 0.339 e. The maximum absolute atomic E-state index is 11.1. The molecule has 19 heavy (non-hydrogen) atoms. The molecular formula is C14H17N3O2. The molecule has 2 aromatic rings. The number of hydrogen-bond acceptors (Lipinski definition) is 2. The van der Waals surface area contributed by atoms with Gasteiger partial charge in [0, 0.05) is 23.1 Å². The van der Waals surface area contributed by atoms with E-state index in [0.717, 1.165) is 29.6 Å². The van der Waals surface area contributed by atoms with Crippen LogP contribution in [0.25, 0.3) is 10.9 Å². The maximum atomic E-state index is 11.1. The van der Waals surface area contributed by atoms with E-state index in [-0.39, 0.29) is 6.04 Å². The summed E-state index contributed by atoms with van der Waals surface area (Å²) in [5.74, 6) is 0. The monoisotopic (exact) mass is 259 g/mol. The van der Waals surface area contributed by atoms with Crippen molar-refractivity contribution in [2.75, 3.05) is 0 Å². The number of primary amides is 1. The van der Waals surface area contributed by atoms with E-state index in [1.54, 1.807) is 0 Å². The minimum absolute atomic E-state index is 0.338. The SMILES string of the molecule is CCc1ccc2c(c1)cc1n2CCC1N(O)C(N)=O. The van der Waals surface area contributed by atoms with Crippen LogP contribution in [0.4, 0.5) is 4.79 Å². The molecule has 3 N–H and O–H groups in total. The molecule has 5 heteroatoms. The van der Waals surface area contributed by atoms with Crippen molar-refractivity contribution in [1.29, 1.82) is 0 Å². The number of fused-ring (bicyclic) bond motifs is 3. The molecule has 5 nitrogen and oxygen atoms in total. The van der Waals surface area contributed by atoms with Gasteiger partial charge in [0.25, 0.3) is 0 Å². The van der Waals surface area contributed by atoms with Crippen LogP contribution in [0.5, 0.6) is 0 Å². The van der Waals surface area contributed by atoms with Crippen LogP contribution >= 0.6 is 0 Å². The third-order valence-electron chi connectivity index (χ3n) is 3.89. The van der Waals surface area contributed by atoms with Gasteiger partial charge in [-0.15, -0.1) is 0 Å². The number of aromatic nitrogens is 1. The molecule has 1 unspecified atom stereocenters. The Labute approximate surface area is 111 Å². The Bertz CT molecular complexity index is 647. The van der Waals surface area contributed by atoms with Gasteiger partial charge in [0.05, 0.1) is 0 Å². The lowest BCUT2D eigenvalue weighted by Gasteiger charge is -2.18. The van der Waals surface area contributed by atoms with E-state index in [1.165, 1.54) is 5.56 Å². The summed E-state index contributed by atoms with van der Waals surface area (Å²) in [5.41, 5.74) is 8.52. The van der Waals surface area contributed by atoms with Gasteiger partial charge in [0.2, 0.25) is 0 Å². The molecule has 100 valence electrons. The van der Waals surface area contributed by atoms with Gasteiger partial charge in [-0.05, 0) is 36.6 Å². The Balaban J connectivity index is 2.08. The molecule has 0 saturated carbocycles. The Morgan fingerprint density at radius 3 is 3.00 bits per heavy atom. The van der Waals surface area contributed by atoms with E-state index in [2.05, 4.69) is 29.7 Å². The molecule has 0 spiro atoms. The van der Waals surface area contributed by atoms with Crippen molar-refractivity contribution < 1.29 is 10.0 Å². The molecule has 1 aliphatic heterocycles. The Morgan fingerprint density at radius 2 is 2.32 bits per heavy atom. The fraction of sp³-hybridized carbons (Fsp3) is 0.357. The van der Waals surface area contributed by atoms with Crippen LogP contribution in [0.2, 0.25) is 0 Å². The number of hydroxylamine groups is 2. The van der Waals surface area contributed by atoms with Crippen LogP contribution in [0.3, 0.4) is 0 Å². The van der Waals surface area contributed by atoms with Gasteiger partial charge in [-0.25, -0.2) is 4.79 Å². The van der Waals surface area contributed by atoms with Crippen molar-refractivity contribution >= 4 is 16.9 Å².